The first-order chi connectivity index (χ1) is 7.56. The van der Waals surface area contributed by atoms with Crippen molar-refractivity contribution in [2.24, 2.45) is 5.73 Å². The fourth-order valence-electron chi connectivity index (χ4n) is 1.63. The summed E-state index contributed by atoms with van der Waals surface area (Å²) in [5, 5.41) is 3.37. The number of nitrogens with two attached hydrogens (primary N) is 1. The van der Waals surface area contributed by atoms with Crippen molar-refractivity contribution in [3.63, 3.8) is 0 Å². The standard InChI is InChI=1S/C13H21FN2/c1-13(2,10-16-9-3-8-15)11-4-6-12(14)7-5-11/h4-7,16H,3,8-10,15H2,1-2H3. The Morgan fingerprint density at radius 2 is 1.88 bits per heavy atom. The molecule has 0 fully saturated rings. The van der Waals surface area contributed by atoms with Crippen molar-refractivity contribution >= 4 is 0 Å². The van der Waals surface area contributed by atoms with Crippen molar-refractivity contribution in [3.8, 4) is 0 Å². The molecule has 0 heterocycles. The van der Waals surface area contributed by atoms with Crippen LogP contribution in [0.4, 0.5) is 4.39 Å². The first-order valence-electron chi connectivity index (χ1n) is 5.73. The van der Waals surface area contributed by atoms with Crippen LogP contribution in [0.5, 0.6) is 0 Å². The van der Waals surface area contributed by atoms with Crippen LogP contribution in [0.15, 0.2) is 24.3 Å². The molecule has 0 radical (unpaired) electrons. The third-order valence-electron chi connectivity index (χ3n) is 2.75. The Morgan fingerprint density at radius 1 is 1.25 bits per heavy atom. The van der Waals surface area contributed by atoms with Gasteiger partial charge in [-0.15, -0.1) is 0 Å². The molecule has 0 saturated carbocycles. The zero-order valence-corrected chi connectivity index (χ0v) is 10.1. The van der Waals surface area contributed by atoms with Crippen LogP contribution in [0, 0.1) is 5.82 Å². The highest BCUT2D eigenvalue weighted by molar-refractivity contribution is 5.24. The normalized spacial score (nSPS) is 11.8. The van der Waals surface area contributed by atoms with Gasteiger partial charge in [-0.2, -0.15) is 0 Å². The Morgan fingerprint density at radius 3 is 2.44 bits per heavy atom. The summed E-state index contributed by atoms with van der Waals surface area (Å²) in [6.45, 7) is 6.81. The number of hydrogen-bond acceptors (Lipinski definition) is 2. The Kier molecular flexibility index (Phi) is 4.90. The van der Waals surface area contributed by atoms with E-state index in [2.05, 4.69) is 19.2 Å². The maximum Gasteiger partial charge on any atom is 0.123 e. The van der Waals surface area contributed by atoms with Gasteiger partial charge in [-0.1, -0.05) is 26.0 Å². The van der Waals surface area contributed by atoms with Crippen molar-refractivity contribution in [1.82, 2.24) is 5.32 Å². The summed E-state index contributed by atoms with van der Waals surface area (Å²) in [5.74, 6) is -0.185. The van der Waals surface area contributed by atoms with Crippen molar-refractivity contribution in [3.05, 3.63) is 35.6 Å². The van der Waals surface area contributed by atoms with Gasteiger partial charge in [0.1, 0.15) is 5.82 Å². The van der Waals surface area contributed by atoms with Gasteiger partial charge in [-0.25, -0.2) is 4.39 Å². The minimum Gasteiger partial charge on any atom is -0.330 e. The topological polar surface area (TPSA) is 38.0 Å². The molecule has 0 aliphatic carbocycles. The Balaban J connectivity index is 2.52. The van der Waals surface area contributed by atoms with E-state index in [4.69, 9.17) is 5.73 Å². The van der Waals surface area contributed by atoms with E-state index in [0.29, 0.717) is 6.54 Å². The molecular formula is C13H21FN2. The molecular weight excluding hydrogens is 203 g/mol. The minimum absolute atomic E-state index is 0.0162. The van der Waals surface area contributed by atoms with Gasteiger partial charge in [0.15, 0.2) is 0 Å². The molecule has 1 aromatic carbocycles. The zero-order chi connectivity index (χ0) is 12.0. The Labute approximate surface area is 97.0 Å². The molecule has 0 atom stereocenters. The van der Waals surface area contributed by atoms with Crippen molar-refractivity contribution in [1.29, 1.82) is 0 Å². The summed E-state index contributed by atoms with van der Waals surface area (Å²) in [5.41, 5.74) is 6.59. The van der Waals surface area contributed by atoms with Crippen LogP contribution in [0.25, 0.3) is 0 Å². The maximum absolute atomic E-state index is 12.8. The van der Waals surface area contributed by atoms with Crippen LogP contribution in [-0.2, 0) is 5.41 Å². The molecule has 1 rings (SSSR count). The summed E-state index contributed by atoms with van der Waals surface area (Å²) in [6.07, 6.45) is 0.986. The molecule has 2 nitrogen and oxygen atoms in total. The summed E-state index contributed by atoms with van der Waals surface area (Å²) in [4.78, 5) is 0. The summed E-state index contributed by atoms with van der Waals surface area (Å²) < 4.78 is 12.8. The summed E-state index contributed by atoms with van der Waals surface area (Å²) in [6, 6.07) is 6.72. The molecule has 3 N–H and O–H groups in total. The molecule has 0 saturated heterocycles. The highest BCUT2D eigenvalue weighted by atomic mass is 19.1. The van der Waals surface area contributed by atoms with E-state index in [9.17, 15) is 4.39 Å². The number of halogens is 1. The van der Waals surface area contributed by atoms with Crippen LogP contribution in [-0.4, -0.2) is 19.6 Å². The highest BCUT2D eigenvalue weighted by Gasteiger charge is 2.19. The van der Waals surface area contributed by atoms with E-state index in [1.54, 1.807) is 0 Å². The minimum atomic E-state index is -0.185. The molecule has 0 aromatic heterocycles. The van der Waals surface area contributed by atoms with Crippen LogP contribution in [0.1, 0.15) is 25.8 Å². The van der Waals surface area contributed by atoms with E-state index in [0.717, 1.165) is 25.1 Å². The van der Waals surface area contributed by atoms with Crippen molar-refractivity contribution in [2.45, 2.75) is 25.7 Å². The van der Waals surface area contributed by atoms with Crippen molar-refractivity contribution < 1.29 is 4.39 Å². The fraction of sp³-hybridized carbons (Fsp3) is 0.538. The van der Waals surface area contributed by atoms with Gasteiger partial charge < -0.3 is 11.1 Å². The number of nitrogens with one attached hydrogen (secondary N) is 1. The van der Waals surface area contributed by atoms with Gasteiger partial charge >= 0.3 is 0 Å². The lowest BCUT2D eigenvalue weighted by Gasteiger charge is -2.25. The number of benzene rings is 1. The molecule has 0 aliphatic heterocycles. The monoisotopic (exact) mass is 224 g/mol. The average Bonchev–Trinajstić information content (AvgIpc) is 2.25. The maximum atomic E-state index is 12.8. The van der Waals surface area contributed by atoms with Gasteiger partial charge in [0.05, 0.1) is 0 Å². The summed E-state index contributed by atoms with van der Waals surface area (Å²) in [7, 11) is 0. The third-order valence-corrected chi connectivity index (χ3v) is 2.75. The van der Waals surface area contributed by atoms with E-state index in [-0.39, 0.29) is 11.2 Å². The molecule has 0 aliphatic rings. The molecule has 3 heteroatoms. The van der Waals surface area contributed by atoms with Crippen LogP contribution >= 0.6 is 0 Å². The van der Waals surface area contributed by atoms with E-state index >= 15 is 0 Å². The van der Waals surface area contributed by atoms with E-state index in [1.807, 2.05) is 12.1 Å². The first kappa shape index (κ1) is 13.1. The molecule has 0 spiro atoms. The van der Waals surface area contributed by atoms with Crippen LogP contribution in [0.3, 0.4) is 0 Å². The van der Waals surface area contributed by atoms with Gasteiger partial charge in [0, 0.05) is 12.0 Å². The molecule has 16 heavy (non-hydrogen) atoms. The predicted molar refractivity (Wildman–Crippen MR) is 66.0 cm³/mol. The lowest BCUT2D eigenvalue weighted by molar-refractivity contribution is 0.466. The number of hydrogen-bond donors (Lipinski definition) is 2. The van der Waals surface area contributed by atoms with Crippen LogP contribution in [0.2, 0.25) is 0 Å². The van der Waals surface area contributed by atoms with E-state index < -0.39 is 0 Å². The molecule has 0 bridgehead atoms. The smallest absolute Gasteiger partial charge is 0.123 e. The first-order valence-corrected chi connectivity index (χ1v) is 5.73. The second-order valence-corrected chi connectivity index (χ2v) is 4.71. The van der Waals surface area contributed by atoms with Gasteiger partial charge in [0.2, 0.25) is 0 Å². The average molecular weight is 224 g/mol. The third kappa shape index (κ3) is 3.91. The Hall–Kier alpha value is -0.930. The number of rotatable bonds is 6. The molecule has 0 unspecified atom stereocenters. The predicted octanol–water partition coefficient (Wildman–Crippen LogP) is 2.04. The van der Waals surface area contributed by atoms with Gasteiger partial charge in [-0.05, 0) is 37.2 Å². The molecule has 90 valence electrons. The highest BCUT2D eigenvalue weighted by Crippen LogP contribution is 2.22. The molecule has 0 amide bonds. The second kappa shape index (κ2) is 5.97. The van der Waals surface area contributed by atoms with Crippen LogP contribution < -0.4 is 11.1 Å². The van der Waals surface area contributed by atoms with Gasteiger partial charge in [-0.3, -0.25) is 0 Å². The lowest BCUT2D eigenvalue weighted by Crippen LogP contribution is -2.34. The second-order valence-electron chi connectivity index (χ2n) is 4.71. The Bertz CT molecular complexity index is 306. The SMILES string of the molecule is CC(C)(CNCCCN)c1ccc(F)cc1. The van der Waals surface area contributed by atoms with Crippen molar-refractivity contribution in [2.75, 3.05) is 19.6 Å². The zero-order valence-electron chi connectivity index (χ0n) is 10.1. The summed E-state index contributed by atoms with van der Waals surface area (Å²) >= 11 is 0. The fourth-order valence-corrected chi connectivity index (χ4v) is 1.63. The molecule has 1 aromatic rings. The lowest BCUT2D eigenvalue weighted by atomic mass is 9.84. The van der Waals surface area contributed by atoms with E-state index in [1.165, 1.54) is 12.1 Å². The largest absolute Gasteiger partial charge is 0.330 e. The quantitative estimate of drug-likeness (QED) is 0.726. The van der Waals surface area contributed by atoms with Gasteiger partial charge in [0.25, 0.3) is 0 Å².